The van der Waals surface area contributed by atoms with Crippen LogP contribution in [0.5, 0.6) is 0 Å². The van der Waals surface area contributed by atoms with E-state index in [0.29, 0.717) is 0 Å². The predicted octanol–water partition coefficient (Wildman–Crippen LogP) is 2.59. The van der Waals surface area contributed by atoms with E-state index in [1.54, 1.807) is 0 Å². The maximum atomic E-state index is 3.29. The Morgan fingerprint density at radius 3 is 3.15 bits per heavy atom. The lowest BCUT2D eigenvalue weighted by Gasteiger charge is -2.09. The second-order valence-electron chi connectivity index (χ2n) is 4.21. The molecule has 72 valence electrons. The van der Waals surface area contributed by atoms with Crippen molar-refractivity contribution in [2.75, 3.05) is 19.6 Å². The monoisotopic (exact) mass is 177 g/mol. The largest absolute Gasteiger partial charge is 0.301 e. The molecule has 1 fully saturated rings. The van der Waals surface area contributed by atoms with Crippen molar-refractivity contribution >= 4 is 0 Å². The van der Waals surface area contributed by atoms with Crippen molar-refractivity contribution in [1.29, 1.82) is 0 Å². The third kappa shape index (κ3) is 3.38. The zero-order valence-electron chi connectivity index (χ0n) is 8.34. The minimum absolute atomic E-state index is 0.818. The van der Waals surface area contributed by atoms with Crippen LogP contribution in [0.15, 0.2) is 17.9 Å². The van der Waals surface area contributed by atoms with Gasteiger partial charge in [0.2, 0.25) is 0 Å². The van der Waals surface area contributed by atoms with Crippen molar-refractivity contribution < 1.29 is 0 Å². The molecule has 0 aromatic heterocycles. The summed E-state index contributed by atoms with van der Waals surface area (Å²) in [5, 5.41) is 0. The van der Waals surface area contributed by atoms with Gasteiger partial charge in [0.05, 0.1) is 0 Å². The number of nitrogens with zero attached hydrogens (tertiary/aromatic N) is 1. The van der Waals surface area contributed by atoms with Gasteiger partial charge in [0.25, 0.3) is 0 Å². The van der Waals surface area contributed by atoms with Gasteiger partial charge < -0.3 is 4.90 Å². The maximum absolute atomic E-state index is 3.29. The fourth-order valence-electron chi connectivity index (χ4n) is 1.95. The Labute approximate surface area is 81.1 Å². The van der Waals surface area contributed by atoms with Gasteiger partial charge in [-0.2, -0.15) is 0 Å². The van der Waals surface area contributed by atoms with Gasteiger partial charge in [-0.15, -0.1) is 5.73 Å². The van der Waals surface area contributed by atoms with Crippen LogP contribution < -0.4 is 0 Å². The van der Waals surface area contributed by atoms with E-state index in [4.69, 9.17) is 0 Å². The molecule has 2 aliphatic rings. The van der Waals surface area contributed by atoms with Gasteiger partial charge >= 0.3 is 0 Å². The summed E-state index contributed by atoms with van der Waals surface area (Å²) in [5.74, 6) is 0.818. The lowest BCUT2D eigenvalue weighted by atomic mass is 9.98. The highest BCUT2D eigenvalue weighted by atomic mass is 15.2. The van der Waals surface area contributed by atoms with E-state index in [0.717, 1.165) is 5.92 Å². The van der Waals surface area contributed by atoms with Gasteiger partial charge in [-0.25, -0.2) is 0 Å². The minimum atomic E-state index is 0.818. The lowest BCUT2D eigenvalue weighted by molar-refractivity contribution is 0.457. The van der Waals surface area contributed by atoms with Gasteiger partial charge in [0.1, 0.15) is 0 Å². The minimum Gasteiger partial charge on any atom is -0.301 e. The Balaban J connectivity index is 1.64. The molecule has 13 heavy (non-hydrogen) atoms. The first-order chi connectivity index (χ1) is 6.45. The van der Waals surface area contributed by atoms with Crippen molar-refractivity contribution in [3.05, 3.63) is 17.9 Å². The highest BCUT2D eigenvalue weighted by molar-refractivity contribution is 4.93. The Hall–Kier alpha value is -0.520. The molecule has 0 saturated carbocycles. The number of hydrogen-bond donors (Lipinski definition) is 0. The Morgan fingerprint density at radius 1 is 1.38 bits per heavy atom. The Morgan fingerprint density at radius 2 is 2.31 bits per heavy atom. The molecule has 1 atom stereocenters. The van der Waals surface area contributed by atoms with E-state index >= 15 is 0 Å². The van der Waals surface area contributed by atoms with Gasteiger partial charge in [-0.3, -0.25) is 0 Å². The molecule has 1 aliphatic heterocycles. The Bertz CT molecular complexity index is 209. The fraction of sp³-hybridized carbons (Fsp3) is 0.750. The van der Waals surface area contributed by atoms with E-state index in [1.807, 2.05) is 0 Å². The Kier molecular flexibility index (Phi) is 3.23. The standard InChI is InChI=1S/C12H19N/c1-2-4-7-12(6-3-1)8-5-9-13-10-11-13/h1,6,12H,2,4-5,7-11H2. The van der Waals surface area contributed by atoms with Crippen LogP contribution in [0.1, 0.15) is 32.1 Å². The summed E-state index contributed by atoms with van der Waals surface area (Å²) in [4.78, 5) is 2.51. The normalized spacial score (nSPS) is 27.5. The van der Waals surface area contributed by atoms with Crippen LogP contribution in [0.4, 0.5) is 0 Å². The molecule has 2 rings (SSSR count). The summed E-state index contributed by atoms with van der Waals surface area (Å²) in [5.41, 5.74) is 3.29. The summed E-state index contributed by atoms with van der Waals surface area (Å²) >= 11 is 0. The third-order valence-corrected chi connectivity index (χ3v) is 2.96. The van der Waals surface area contributed by atoms with E-state index in [-0.39, 0.29) is 0 Å². The molecule has 1 nitrogen and oxygen atoms in total. The first kappa shape index (κ1) is 9.05. The molecule has 1 saturated heterocycles. The molecule has 1 heteroatoms. The molecule has 0 radical (unpaired) electrons. The van der Waals surface area contributed by atoms with Crippen molar-refractivity contribution in [2.24, 2.45) is 5.92 Å². The molecule has 0 N–H and O–H groups in total. The molecule has 0 bridgehead atoms. The third-order valence-electron chi connectivity index (χ3n) is 2.96. The molecular formula is C12H19N. The SMILES string of the molecule is C1=CCCCC(CCCN2CC2)C=1. The van der Waals surface area contributed by atoms with E-state index < -0.39 is 0 Å². The van der Waals surface area contributed by atoms with Crippen LogP contribution in [0, 0.1) is 5.92 Å². The molecule has 1 aliphatic carbocycles. The maximum Gasteiger partial charge on any atom is 0.0110 e. The first-order valence-corrected chi connectivity index (χ1v) is 5.58. The molecular weight excluding hydrogens is 158 g/mol. The topological polar surface area (TPSA) is 3.01 Å². The first-order valence-electron chi connectivity index (χ1n) is 5.58. The van der Waals surface area contributed by atoms with Crippen molar-refractivity contribution in [3.63, 3.8) is 0 Å². The second kappa shape index (κ2) is 4.64. The average Bonchev–Trinajstić information content (AvgIpc) is 2.91. The quantitative estimate of drug-likeness (QED) is 0.471. The zero-order valence-corrected chi connectivity index (χ0v) is 8.34. The average molecular weight is 177 g/mol. The molecule has 0 amide bonds. The second-order valence-corrected chi connectivity index (χ2v) is 4.21. The highest BCUT2D eigenvalue weighted by Crippen LogP contribution is 2.19. The molecule has 0 spiro atoms. The summed E-state index contributed by atoms with van der Waals surface area (Å²) < 4.78 is 0. The molecule has 0 aromatic rings. The van der Waals surface area contributed by atoms with Crippen LogP contribution in [-0.2, 0) is 0 Å². The van der Waals surface area contributed by atoms with Crippen molar-refractivity contribution in [3.8, 4) is 0 Å². The zero-order chi connectivity index (χ0) is 8.93. The van der Waals surface area contributed by atoms with Crippen molar-refractivity contribution in [2.45, 2.75) is 32.1 Å². The number of rotatable bonds is 4. The molecule has 1 heterocycles. The number of hydrogen-bond acceptors (Lipinski definition) is 1. The van der Waals surface area contributed by atoms with Gasteiger partial charge in [0.15, 0.2) is 0 Å². The highest BCUT2D eigenvalue weighted by Gasteiger charge is 2.16. The van der Waals surface area contributed by atoms with Crippen LogP contribution in [0.3, 0.4) is 0 Å². The predicted molar refractivity (Wildman–Crippen MR) is 55.7 cm³/mol. The van der Waals surface area contributed by atoms with Crippen molar-refractivity contribution in [1.82, 2.24) is 4.90 Å². The van der Waals surface area contributed by atoms with Gasteiger partial charge in [-0.1, -0.05) is 0 Å². The van der Waals surface area contributed by atoms with Crippen LogP contribution >= 0.6 is 0 Å². The van der Waals surface area contributed by atoms with Gasteiger partial charge in [-0.05, 0) is 56.7 Å². The summed E-state index contributed by atoms with van der Waals surface area (Å²) in [6, 6.07) is 0. The van der Waals surface area contributed by atoms with E-state index in [9.17, 15) is 0 Å². The summed E-state index contributed by atoms with van der Waals surface area (Å²) in [6.07, 6.45) is 11.2. The van der Waals surface area contributed by atoms with Crippen LogP contribution in [-0.4, -0.2) is 24.5 Å². The molecule has 0 aromatic carbocycles. The smallest absolute Gasteiger partial charge is 0.0110 e. The summed E-state index contributed by atoms with van der Waals surface area (Å²) in [6.45, 7) is 4.02. The number of allylic oxidation sites excluding steroid dienone is 1. The lowest BCUT2D eigenvalue weighted by Crippen LogP contribution is -2.03. The van der Waals surface area contributed by atoms with Gasteiger partial charge in [0, 0.05) is 13.1 Å². The molecule has 1 unspecified atom stereocenters. The summed E-state index contributed by atoms with van der Waals surface area (Å²) in [7, 11) is 0. The van der Waals surface area contributed by atoms with Crippen LogP contribution in [0.2, 0.25) is 0 Å². The fourth-order valence-corrected chi connectivity index (χ4v) is 1.95. The van der Waals surface area contributed by atoms with E-state index in [1.165, 1.54) is 51.7 Å². The van der Waals surface area contributed by atoms with Crippen LogP contribution in [0.25, 0.3) is 0 Å². The van der Waals surface area contributed by atoms with E-state index in [2.05, 4.69) is 22.8 Å².